The second-order valence-electron chi connectivity index (χ2n) is 7.44. The number of rotatable bonds is 5. The second kappa shape index (κ2) is 8.48. The summed E-state index contributed by atoms with van der Waals surface area (Å²) >= 11 is 0. The number of piperidine rings is 1. The average molecular weight is 345 g/mol. The van der Waals surface area contributed by atoms with Crippen molar-refractivity contribution in [1.82, 2.24) is 14.8 Å². The number of pyridine rings is 1. The Morgan fingerprint density at radius 2 is 1.92 bits per heavy atom. The zero-order chi connectivity index (χ0) is 18.6. The van der Waals surface area contributed by atoms with Crippen molar-refractivity contribution >= 4 is 5.91 Å². The number of likely N-dealkylation sites (tertiary alicyclic amines) is 1. The quantitative estimate of drug-likeness (QED) is 0.834. The monoisotopic (exact) mass is 345 g/mol. The molecule has 0 aromatic carbocycles. The topological polar surface area (TPSA) is 54.3 Å². The highest BCUT2D eigenvalue weighted by Gasteiger charge is 2.21. The summed E-state index contributed by atoms with van der Waals surface area (Å²) in [6.07, 6.45) is 4.43. The van der Waals surface area contributed by atoms with E-state index in [0.717, 1.165) is 43.7 Å². The van der Waals surface area contributed by atoms with Crippen LogP contribution in [0.3, 0.4) is 0 Å². The summed E-state index contributed by atoms with van der Waals surface area (Å²) < 4.78 is 1.53. The Bertz CT molecular complexity index is 706. The molecule has 1 aromatic heterocycles. The van der Waals surface area contributed by atoms with Crippen molar-refractivity contribution in [2.75, 3.05) is 26.2 Å². The van der Waals surface area contributed by atoms with Crippen molar-refractivity contribution in [2.45, 2.75) is 40.5 Å². The van der Waals surface area contributed by atoms with Crippen LogP contribution in [0, 0.1) is 19.8 Å². The molecule has 1 aromatic rings. The molecular formula is C20H31N3O2. The van der Waals surface area contributed by atoms with Crippen LogP contribution in [0.25, 0.3) is 0 Å². The molecule has 0 saturated carbocycles. The molecule has 0 unspecified atom stereocenters. The number of hydrogen-bond acceptors (Lipinski definition) is 3. The van der Waals surface area contributed by atoms with Crippen molar-refractivity contribution in [3.63, 3.8) is 0 Å². The lowest BCUT2D eigenvalue weighted by molar-refractivity contribution is 0.0935. The molecule has 1 amide bonds. The number of hydrogen-bond donors (Lipinski definition) is 1. The van der Waals surface area contributed by atoms with E-state index in [9.17, 15) is 9.59 Å². The molecule has 1 aliphatic rings. The highest BCUT2D eigenvalue weighted by atomic mass is 16.2. The first kappa shape index (κ1) is 19.4. The first-order valence-electron chi connectivity index (χ1n) is 9.10. The summed E-state index contributed by atoms with van der Waals surface area (Å²) in [4.78, 5) is 27.3. The lowest BCUT2D eigenvalue weighted by Crippen LogP contribution is -2.40. The van der Waals surface area contributed by atoms with Crippen LogP contribution in [0.5, 0.6) is 0 Å². The molecule has 0 atom stereocenters. The molecule has 5 heteroatoms. The molecule has 1 saturated heterocycles. The molecule has 2 rings (SSSR count). The van der Waals surface area contributed by atoms with Crippen LogP contribution < -0.4 is 10.9 Å². The number of carbonyl (C=O) groups excluding carboxylic acids is 1. The molecule has 5 nitrogen and oxygen atoms in total. The third-order valence-electron chi connectivity index (χ3n) is 5.11. The SMILES string of the molecule is CC(C)=CCN1CCC(CNC(=O)c2c(C)cc(C)n(C)c2=O)CC1. The molecule has 1 N–H and O–H groups in total. The van der Waals surface area contributed by atoms with E-state index in [2.05, 4.69) is 30.1 Å². The highest BCUT2D eigenvalue weighted by Crippen LogP contribution is 2.16. The van der Waals surface area contributed by atoms with Gasteiger partial charge in [0.2, 0.25) is 0 Å². The zero-order valence-electron chi connectivity index (χ0n) is 16.2. The zero-order valence-corrected chi connectivity index (χ0v) is 16.2. The Labute approximate surface area is 150 Å². The van der Waals surface area contributed by atoms with Gasteiger partial charge >= 0.3 is 0 Å². The van der Waals surface area contributed by atoms with Crippen molar-refractivity contribution in [1.29, 1.82) is 0 Å². The van der Waals surface area contributed by atoms with Gasteiger partial charge in [0, 0.05) is 25.8 Å². The van der Waals surface area contributed by atoms with Crippen molar-refractivity contribution in [2.24, 2.45) is 13.0 Å². The average Bonchev–Trinajstić information content (AvgIpc) is 2.57. The van der Waals surface area contributed by atoms with Crippen LogP contribution in [0.1, 0.15) is 48.3 Å². The molecule has 1 aliphatic heterocycles. The minimum atomic E-state index is -0.245. The fraction of sp³-hybridized carbons (Fsp3) is 0.600. The summed E-state index contributed by atoms with van der Waals surface area (Å²) in [5.41, 5.74) is 3.02. The summed E-state index contributed by atoms with van der Waals surface area (Å²) in [6, 6.07) is 1.89. The Balaban J connectivity index is 1.89. The third kappa shape index (κ3) is 5.05. The number of nitrogens with zero attached hydrogens (tertiary/aromatic N) is 2. The van der Waals surface area contributed by atoms with Crippen molar-refractivity contribution in [3.05, 3.63) is 44.9 Å². The molecule has 2 heterocycles. The van der Waals surface area contributed by atoms with Crippen LogP contribution >= 0.6 is 0 Å². The van der Waals surface area contributed by atoms with Crippen LogP contribution in [0.15, 0.2) is 22.5 Å². The maximum absolute atomic E-state index is 12.5. The third-order valence-corrected chi connectivity index (χ3v) is 5.11. The van der Waals surface area contributed by atoms with Gasteiger partial charge in [0.15, 0.2) is 0 Å². The standard InChI is InChI=1S/C20H31N3O2/c1-14(2)6-9-23-10-7-17(8-11-23)13-21-19(24)18-15(3)12-16(4)22(5)20(18)25/h6,12,17H,7-11,13H2,1-5H3,(H,21,24). The maximum Gasteiger partial charge on any atom is 0.263 e. The van der Waals surface area contributed by atoms with Crippen molar-refractivity contribution < 1.29 is 4.79 Å². The normalized spacial score (nSPS) is 15.9. The maximum atomic E-state index is 12.5. The number of carbonyl (C=O) groups is 1. The molecule has 0 spiro atoms. The first-order chi connectivity index (χ1) is 11.8. The van der Waals surface area contributed by atoms with Gasteiger partial charge in [-0.1, -0.05) is 11.6 Å². The molecule has 0 radical (unpaired) electrons. The van der Waals surface area contributed by atoms with Crippen LogP contribution in [0.4, 0.5) is 0 Å². The second-order valence-corrected chi connectivity index (χ2v) is 7.44. The summed E-state index contributed by atoms with van der Waals surface area (Å²) in [6.45, 7) is 11.7. The molecular weight excluding hydrogens is 314 g/mol. The number of nitrogens with one attached hydrogen (secondary N) is 1. The van der Waals surface area contributed by atoms with Gasteiger partial charge in [0.1, 0.15) is 5.56 Å². The van der Waals surface area contributed by atoms with E-state index in [1.165, 1.54) is 10.1 Å². The fourth-order valence-electron chi connectivity index (χ4n) is 3.27. The van der Waals surface area contributed by atoms with E-state index in [1.807, 2.05) is 19.9 Å². The van der Waals surface area contributed by atoms with E-state index < -0.39 is 0 Å². The lowest BCUT2D eigenvalue weighted by atomic mass is 9.96. The van der Waals surface area contributed by atoms with Gasteiger partial charge in [-0.3, -0.25) is 14.5 Å². The predicted molar refractivity (Wildman–Crippen MR) is 102 cm³/mol. The van der Waals surface area contributed by atoms with E-state index in [-0.39, 0.29) is 17.0 Å². The number of amides is 1. The van der Waals surface area contributed by atoms with Gasteiger partial charge in [-0.05, 0) is 71.2 Å². The van der Waals surface area contributed by atoms with Crippen molar-refractivity contribution in [3.8, 4) is 0 Å². The predicted octanol–water partition coefficient (Wildman–Crippen LogP) is 2.41. The Morgan fingerprint density at radius 1 is 1.28 bits per heavy atom. The van der Waals surface area contributed by atoms with Gasteiger partial charge in [-0.2, -0.15) is 0 Å². The molecule has 1 fully saturated rings. The summed E-state index contributed by atoms with van der Waals surface area (Å²) in [5, 5.41) is 2.98. The minimum Gasteiger partial charge on any atom is -0.352 e. The smallest absolute Gasteiger partial charge is 0.263 e. The fourth-order valence-corrected chi connectivity index (χ4v) is 3.27. The van der Waals surface area contributed by atoms with E-state index in [0.29, 0.717) is 12.5 Å². The van der Waals surface area contributed by atoms with Gasteiger partial charge in [0.05, 0.1) is 0 Å². The number of aryl methyl sites for hydroxylation is 2. The first-order valence-corrected chi connectivity index (χ1v) is 9.10. The largest absolute Gasteiger partial charge is 0.352 e. The van der Waals surface area contributed by atoms with E-state index in [1.54, 1.807) is 7.05 Å². The molecule has 25 heavy (non-hydrogen) atoms. The highest BCUT2D eigenvalue weighted by molar-refractivity contribution is 5.95. The van der Waals surface area contributed by atoms with E-state index in [4.69, 9.17) is 0 Å². The van der Waals surface area contributed by atoms with Crippen LogP contribution in [0.2, 0.25) is 0 Å². The van der Waals surface area contributed by atoms with Gasteiger partial charge < -0.3 is 9.88 Å². The Hall–Kier alpha value is -1.88. The Morgan fingerprint density at radius 3 is 2.52 bits per heavy atom. The van der Waals surface area contributed by atoms with Gasteiger partial charge in [-0.15, -0.1) is 0 Å². The van der Waals surface area contributed by atoms with E-state index >= 15 is 0 Å². The number of aromatic nitrogens is 1. The number of allylic oxidation sites excluding steroid dienone is 1. The van der Waals surface area contributed by atoms with Gasteiger partial charge in [0.25, 0.3) is 11.5 Å². The molecule has 138 valence electrons. The van der Waals surface area contributed by atoms with Crippen LogP contribution in [-0.2, 0) is 7.05 Å². The van der Waals surface area contributed by atoms with Gasteiger partial charge in [-0.25, -0.2) is 0 Å². The lowest BCUT2D eigenvalue weighted by Gasteiger charge is -2.31. The summed E-state index contributed by atoms with van der Waals surface area (Å²) in [7, 11) is 1.70. The minimum absolute atomic E-state index is 0.216. The summed E-state index contributed by atoms with van der Waals surface area (Å²) in [5.74, 6) is 0.242. The molecule has 0 bridgehead atoms. The molecule has 0 aliphatic carbocycles. The Kier molecular flexibility index (Phi) is 6.59. The van der Waals surface area contributed by atoms with Crippen LogP contribution in [-0.4, -0.2) is 41.6 Å².